The van der Waals surface area contributed by atoms with Gasteiger partial charge in [0.1, 0.15) is 5.82 Å². The number of imidazole rings is 1. The van der Waals surface area contributed by atoms with Crippen molar-refractivity contribution in [3.8, 4) is 0 Å². The molecule has 0 N–H and O–H groups in total. The van der Waals surface area contributed by atoms with Crippen molar-refractivity contribution in [3.63, 3.8) is 0 Å². The Morgan fingerprint density at radius 1 is 1.41 bits per heavy atom. The van der Waals surface area contributed by atoms with E-state index < -0.39 is 0 Å². The molecule has 1 aromatic heterocycles. The highest BCUT2D eigenvalue weighted by Gasteiger charge is 2.21. The first-order valence-electron chi connectivity index (χ1n) is 5.55. The second kappa shape index (κ2) is 4.99. The lowest BCUT2D eigenvalue weighted by Gasteiger charge is -2.27. The molecule has 0 aromatic carbocycles. The fourth-order valence-electron chi connectivity index (χ4n) is 1.86. The molecule has 0 unspecified atom stereocenters. The third-order valence-electron chi connectivity index (χ3n) is 2.87. The first-order chi connectivity index (χ1) is 8.20. The number of carbonyl (C=O) groups excluding carboxylic acids is 2. The number of rotatable bonds is 3. The Hall–Kier alpha value is -1.85. The highest BCUT2D eigenvalue weighted by atomic mass is 16.5. The molecular formula is C11H15N3O3. The van der Waals surface area contributed by atoms with Gasteiger partial charge in [0.15, 0.2) is 0 Å². The number of hydrogen-bond donors (Lipinski definition) is 0. The van der Waals surface area contributed by atoms with E-state index in [0.29, 0.717) is 13.1 Å². The largest absolute Gasteiger partial charge is 0.469 e. The summed E-state index contributed by atoms with van der Waals surface area (Å²) in [7, 11) is 1.32. The van der Waals surface area contributed by atoms with Crippen LogP contribution in [-0.4, -0.2) is 40.0 Å². The Bertz CT molecular complexity index is 427. The molecule has 6 heteroatoms. The third kappa shape index (κ3) is 2.64. The Balaban J connectivity index is 1.88. The molecule has 1 aromatic rings. The maximum Gasteiger partial charge on any atom is 0.306 e. The minimum atomic E-state index is -0.350. The Labute approximate surface area is 99.2 Å². The van der Waals surface area contributed by atoms with Crippen molar-refractivity contribution in [2.24, 2.45) is 0 Å². The molecule has 17 heavy (non-hydrogen) atoms. The van der Waals surface area contributed by atoms with Crippen LogP contribution in [0.3, 0.4) is 0 Å². The molecule has 0 radical (unpaired) electrons. The summed E-state index contributed by atoms with van der Waals surface area (Å²) in [5.74, 6) is 0.518. The minimum absolute atomic E-state index is 0.0235. The SMILES string of the molecule is COC(=O)CCC(=O)N1CCn2ccnc2C1. The molecule has 1 aliphatic heterocycles. The van der Waals surface area contributed by atoms with Crippen LogP contribution >= 0.6 is 0 Å². The van der Waals surface area contributed by atoms with E-state index in [9.17, 15) is 9.59 Å². The van der Waals surface area contributed by atoms with E-state index in [0.717, 1.165) is 12.4 Å². The summed E-state index contributed by atoms with van der Waals surface area (Å²) in [5, 5.41) is 0. The van der Waals surface area contributed by atoms with Gasteiger partial charge < -0.3 is 14.2 Å². The number of esters is 1. The van der Waals surface area contributed by atoms with Gasteiger partial charge in [-0.05, 0) is 0 Å². The summed E-state index contributed by atoms with van der Waals surface area (Å²) in [5.41, 5.74) is 0. The van der Waals surface area contributed by atoms with E-state index in [1.807, 2.05) is 10.8 Å². The number of aromatic nitrogens is 2. The number of ether oxygens (including phenoxy) is 1. The summed E-state index contributed by atoms with van der Waals surface area (Å²) in [6.07, 6.45) is 3.98. The van der Waals surface area contributed by atoms with Gasteiger partial charge in [-0.1, -0.05) is 0 Å². The van der Waals surface area contributed by atoms with E-state index >= 15 is 0 Å². The molecule has 0 aliphatic carbocycles. The molecule has 92 valence electrons. The minimum Gasteiger partial charge on any atom is -0.469 e. The highest BCUT2D eigenvalue weighted by molar-refractivity contribution is 5.81. The summed E-state index contributed by atoms with van der Waals surface area (Å²) < 4.78 is 6.54. The summed E-state index contributed by atoms with van der Waals surface area (Å²) in [4.78, 5) is 28.7. The van der Waals surface area contributed by atoms with Crippen LogP contribution in [0.1, 0.15) is 18.7 Å². The third-order valence-corrected chi connectivity index (χ3v) is 2.87. The van der Waals surface area contributed by atoms with Crippen molar-refractivity contribution >= 4 is 11.9 Å². The summed E-state index contributed by atoms with van der Waals surface area (Å²) >= 11 is 0. The van der Waals surface area contributed by atoms with Gasteiger partial charge in [0, 0.05) is 31.9 Å². The fraction of sp³-hybridized carbons (Fsp3) is 0.545. The smallest absolute Gasteiger partial charge is 0.306 e. The van der Waals surface area contributed by atoms with E-state index in [4.69, 9.17) is 0 Å². The standard InChI is InChI=1S/C11H15N3O3/c1-17-11(16)3-2-10(15)14-7-6-13-5-4-12-9(13)8-14/h4-5H,2-3,6-8H2,1H3. The van der Waals surface area contributed by atoms with Gasteiger partial charge in [-0.25, -0.2) is 4.98 Å². The van der Waals surface area contributed by atoms with Crippen molar-refractivity contribution in [1.29, 1.82) is 0 Å². The second-order valence-electron chi connectivity index (χ2n) is 3.93. The predicted octanol–water partition coefficient (Wildman–Crippen LogP) is 0.178. The first kappa shape index (κ1) is 11.6. The van der Waals surface area contributed by atoms with Gasteiger partial charge >= 0.3 is 5.97 Å². The zero-order valence-electron chi connectivity index (χ0n) is 9.76. The number of fused-ring (bicyclic) bond motifs is 1. The zero-order chi connectivity index (χ0) is 12.3. The maximum atomic E-state index is 11.8. The molecule has 0 atom stereocenters. The predicted molar refractivity (Wildman–Crippen MR) is 58.9 cm³/mol. The van der Waals surface area contributed by atoms with Crippen molar-refractivity contribution in [1.82, 2.24) is 14.5 Å². The van der Waals surface area contributed by atoms with Crippen LogP contribution in [0.25, 0.3) is 0 Å². The van der Waals surface area contributed by atoms with E-state index in [1.165, 1.54) is 7.11 Å². The van der Waals surface area contributed by atoms with E-state index in [2.05, 4.69) is 9.72 Å². The molecule has 0 fully saturated rings. The summed E-state index contributed by atoms with van der Waals surface area (Å²) in [6, 6.07) is 0. The average molecular weight is 237 g/mol. The number of methoxy groups -OCH3 is 1. The van der Waals surface area contributed by atoms with Crippen LogP contribution in [-0.2, 0) is 27.4 Å². The lowest BCUT2D eigenvalue weighted by molar-refractivity contribution is -0.144. The molecule has 1 aliphatic rings. The van der Waals surface area contributed by atoms with Gasteiger partial charge in [0.2, 0.25) is 5.91 Å². The van der Waals surface area contributed by atoms with E-state index in [1.54, 1.807) is 11.1 Å². The van der Waals surface area contributed by atoms with Crippen molar-refractivity contribution in [2.45, 2.75) is 25.9 Å². The molecule has 0 bridgehead atoms. The molecular weight excluding hydrogens is 222 g/mol. The lowest BCUT2D eigenvalue weighted by Crippen LogP contribution is -2.38. The molecule has 2 rings (SSSR count). The van der Waals surface area contributed by atoms with Crippen LogP contribution < -0.4 is 0 Å². The number of hydrogen-bond acceptors (Lipinski definition) is 4. The van der Waals surface area contributed by atoms with Gasteiger partial charge in [-0.15, -0.1) is 0 Å². The van der Waals surface area contributed by atoms with Crippen LogP contribution in [0.5, 0.6) is 0 Å². The second-order valence-corrected chi connectivity index (χ2v) is 3.93. The van der Waals surface area contributed by atoms with Crippen LogP contribution in [0.2, 0.25) is 0 Å². The lowest BCUT2D eigenvalue weighted by atomic mass is 10.2. The van der Waals surface area contributed by atoms with Gasteiger partial charge in [0.25, 0.3) is 0 Å². The van der Waals surface area contributed by atoms with Crippen LogP contribution in [0, 0.1) is 0 Å². The van der Waals surface area contributed by atoms with Gasteiger partial charge in [-0.3, -0.25) is 9.59 Å². The Morgan fingerprint density at radius 3 is 3.00 bits per heavy atom. The average Bonchev–Trinajstić information content (AvgIpc) is 2.82. The van der Waals surface area contributed by atoms with E-state index in [-0.39, 0.29) is 24.7 Å². The topological polar surface area (TPSA) is 64.4 Å². The van der Waals surface area contributed by atoms with Gasteiger partial charge in [-0.2, -0.15) is 0 Å². The van der Waals surface area contributed by atoms with Gasteiger partial charge in [0.05, 0.1) is 20.1 Å². The first-order valence-corrected chi connectivity index (χ1v) is 5.55. The fourth-order valence-corrected chi connectivity index (χ4v) is 1.86. The molecule has 6 nitrogen and oxygen atoms in total. The Morgan fingerprint density at radius 2 is 2.24 bits per heavy atom. The molecule has 0 saturated heterocycles. The van der Waals surface area contributed by atoms with Crippen molar-refractivity contribution in [2.75, 3.05) is 13.7 Å². The maximum absolute atomic E-state index is 11.8. The molecule has 2 heterocycles. The monoisotopic (exact) mass is 237 g/mol. The highest BCUT2D eigenvalue weighted by Crippen LogP contribution is 2.11. The quantitative estimate of drug-likeness (QED) is 0.703. The summed E-state index contributed by atoms with van der Waals surface area (Å²) in [6.45, 7) is 1.95. The van der Waals surface area contributed by atoms with Crippen molar-refractivity contribution < 1.29 is 14.3 Å². The molecule has 0 spiro atoms. The molecule has 0 saturated carbocycles. The Kier molecular flexibility index (Phi) is 3.41. The number of amides is 1. The number of nitrogens with zero attached hydrogens (tertiary/aromatic N) is 3. The van der Waals surface area contributed by atoms with Crippen LogP contribution in [0.4, 0.5) is 0 Å². The zero-order valence-corrected chi connectivity index (χ0v) is 9.76. The van der Waals surface area contributed by atoms with Crippen LogP contribution in [0.15, 0.2) is 12.4 Å². The number of carbonyl (C=O) groups is 2. The van der Waals surface area contributed by atoms with Crippen molar-refractivity contribution in [3.05, 3.63) is 18.2 Å². The molecule has 1 amide bonds. The normalized spacial score (nSPS) is 14.3.